The number of hydrogen-bond acceptors (Lipinski definition) is 1. The second-order valence-corrected chi connectivity index (χ2v) is 5.67. The van der Waals surface area contributed by atoms with Crippen LogP contribution in [0.3, 0.4) is 0 Å². The maximum atomic E-state index is 4.43. The van der Waals surface area contributed by atoms with Gasteiger partial charge in [-0.2, -0.15) is 0 Å². The maximum Gasteiger partial charge on any atom is 0.193 e. The summed E-state index contributed by atoms with van der Waals surface area (Å²) in [4.78, 5) is 6.88. The Hall–Kier alpha value is -0.730. The summed E-state index contributed by atoms with van der Waals surface area (Å²) in [6.07, 6.45) is 5.37. The van der Waals surface area contributed by atoms with E-state index in [0.29, 0.717) is 6.04 Å². The van der Waals surface area contributed by atoms with Gasteiger partial charge in [0.05, 0.1) is 0 Å². The summed E-state index contributed by atoms with van der Waals surface area (Å²) in [6.45, 7) is 7.02. The number of nitrogens with one attached hydrogen (secondary N) is 1. The summed E-state index contributed by atoms with van der Waals surface area (Å²) in [7, 11) is 1.91. The minimum atomic E-state index is 0.686. The van der Waals surface area contributed by atoms with E-state index in [1.807, 2.05) is 7.05 Å². The SMILES string of the molecule is CN=C(NC1CCC1)N1CC(C)CC(C)C1. The molecule has 0 bridgehead atoms. The van der Waals surface area contributed by atoms with Crippen LogP contribution in [0.25, 0.3) is 0 Å². The zero-order chi connectivity index (χ0) is 11.5. The molecule has 3 heteroatoms. The Morgan fingerprint density at radius 2 is 1.81 bits per heavy atom. The molecule has 0 aromatic carbocycles. The number of hydrogen-bond donors (Lipinski definition) is 1. The third-order valence-electron chi connectivity index (χ3n) is 3.82. The second kappa shape index (κ2) is 5.07. The summed E-state index contributed by atoms with van der Waals surface area (Å²) in [5.41, 5.74) is 0. The Morgan fingerprint density at radius 3 is 2.25 bits per heavy atom. The standard InChI is InChI=1S/C13H25N3/c1-10-7-11(2)9-16(8-10)13(14-3)15-12-5-4-6-12/h10-12H,4-9H2,1-3H3,(H,14,15). The lowest BCUT2D eigenvalue weighted by molar-refractivity contribution is 0.204. The molecule has 0 spiro atoms. The number of nitrogens with zero attached hydrogens (tertiary/aromatic N) is 2. The molecule has 0 amide bonds. The molecular weight excluding hydrogens is 198 g/mol. The van der Waals surface area contributed by atoms with Crippen molar-refractivity contribution in [2.45, 2.75) is 45.6 Å². The van der Waals surface area contributed by atoms with Crippen LogP contribution in [-0.4, -0.2) is 37.0 Å². The van der Waals surface area contributed by atoms with Gasteiger partial charge in [0.2, 0.25) is 0 Å². The first-order valence-electron chi connectivity index (χ1n) is 6.67. The topological polar surface area (TPSA) is 27.6 Å². The van der Waals surface area contributed by atoms with Crippen molar-refractivity contribution in [2.75, 3.05) is 20.1 Å². The van der Waals surface area contributed by atoms with Crippen molar-refractivity contribution in [3.8, 4) is 0 Å². The fourth-order valence-corrected chi connectivity index (χ4v) is 2.87. The molecular formula is C13H25N3. The van der Waals surface area contributed by atoms with E-state index in [1.54, 1.807) is 0 Å². The van der Waals surface area contributed by atoms with Crippen LogP contribution in [0.5, 0.6) is 0 Å². The minimum absolute atomic E-state index is 0.686. The van der Waals surface area contributed by atoms with Gasteiger partial charge in [0.1, 0.15) is 0 Å². The van der Waals surface area contributed by atoms with Crippen LogP contribution in [0.1, 0.15) is 39.5 Å². The molecule has 3 nitrogen and oxygen atoms in total. The molecule has 1 heterocycles. The summed E-state index contributed by atoms with van der Waals surface area (Å²) in [5.74, 6) is 2.72. The maximum absolute atomic E-state index is 4.43. The highest BCUT2D eigenvalue weighted by Gasteiger charge is 2.26. The van der Waals surface area contributed by atoms with Gasteiger partial charge in [0, 0.05) is 26.2 Å². The molecule has 1 N–H and O–H groups in total. The first kappa shape index (κ1) is 11.7. The van der Waals surface area contributed by atoms with Crippen LogP contribution in [0.15, 0.2) is 4.99 Å². The molecule has 1 saturated heterocycles. The molecule has 1 aliphatic carbocycles. The van der Waals surface area contributed by atoms with Crippen molar-refractivity contribution >= 4 is 5.96 Å². The lowest BCUT2D eigenvalue weighted by atomic mass is 9.91. The summed E-state index contributed by atoms with van der Waals surface area (Å²) in [5, 5.41) is 3.59. The molecule has 2 rings (SSSR count). The summed E-state index contributed by atoms with van der Waals surface area (Å²) >= 11 is 0. The molecule has 0 aromatic heterocycles. The van der Waals surface area contributed by atoms with E-state index >= 15 is 0 Å². The van der Waals surface area contributed by atoms with Crippen LogP contribution in [-0.2, 0) is 0 Å². The van der Waals surface area contributed by atoms with Crippen molar-refractivity contribution in [2.24, 2.45) is 16.8 Å². The quantitative estimate of drug-likeness (QED) is 0.544. The zero-order valence-electron chi connectivity index (χ0n) is 10.9. The van der Waals surface area contributed by atoms with Gasteiger partial charge >= 0.3 is 0 Å². The van der Waals surface area contributed by atoms with Gasteiger partial charge in [-0.15, -0.1) is 0 Å². The van der Waals surface area contributed by atoms with Gasteiger partial charge in [-0.1, -0.05) is 13.8 Å². The van der Waals surface area contributed by atoms with E-state index in [0.717, 1.165) is 30.9 Å². The van der Waals surface area contributed by atoms with E-state index in [1.165, 1.54) is 25.7 Å². The second-order valence-electron chi connectivity index (χ2n) is 5.67. The highest BCUT2D eigenvalue weighted by atomic mass is 15.3. The van der Waals surface area contributed by atoms with Crippen LogP contribution < -0.4 is 5.32 Å². The fraction of sp³-hybridized carbons (Fsp3) is 0.923. The molecule has 2 atom stereocenters. The zero-order valence-corrected chi connectivity index (χ0v) is 10.9. The van der Waals surface area contributed by atoms with E-state index < -0.39 is 0 Å². The van der Waals surface area contributed by atoms with Crippen LogP contribution in [0, 0.1) is 11.8 Å². The van der Waals surface area contributed by atoms with Gasteiger partial charge in [-0.05, 0) is 37.5 Å². The number of likely N-dealkylation sites (tertiary alicyclic amines) is 1. The molecule has 2 aliphatic rings. The van der Waals surface area contributed by atoms with Crippen LogP contribution in [0.2, 0.25) is 0 Å². The van der Waals surface area contributed by atoms with E-state index in [4.69, 9.17) is 0 Å². The van der Waals surface area contributed by atoms with Crippen molar-refractivity contribution in [1.82, 2.24) is 10.2 Å². The largest absolute Gasteiger partial charge is 0.354 e. The number of guanidine groups is 1. The molecule has 16 heavy (non-hydrogen) atoms. The van der Waals surface area contributed by atoms with Gasteiger partial charge < -0.3 is 10.2 Å². The third kappa shape index (κ3) is 2.69. The number of piperidine rings is 1. The molecule has 2 unspecified atom stereocenters. The Balaban J connectivity index is 1.92. The van der Waals surface area contributed by atoms with E-state index in [2.05, 4.69) is 29.1 Å². The molecule has 0 aromatic rings. The van der Waals surface area contributed by atoms with E-state index in [9.17, 15) is 0 Å². The van der Waals surface area contributed by atoms with Crippen molar-refractivity contribution in [3.05, 3.63) is 0 Å². The van der Waals surface area contributed by atoms with Gasteiger partial charge in [-0.25, -0.2) is 0 Å². The third-order valence-corrected chi connectivity index (χ3v) is 3.82. The smallest absolute Gasteiger partial charge is 0.193 e. The van der Waals surface area contributed by atoms with Crippen molar-refractivity contribution in [1.29, 1.82) is 0 Å². The van der Waals surface area contributed by atoms with Gasteiger partial charge in [-0.3, -0.25) is 4.99 Å². The minimum Gasteiger partial charge on any atom is -0.354 e. The summed E-state index contributed by atoms with van der Waals surface area (Å²) in [6, 6.07) is 0.686. The Labute approximate surface area is 99.3 Å². The molecule has 0 radical (unpaired) electrons. The number of rotatable bonds is 1. The average molecular weight is 223 g/mol. The molecule has 2 fully saturated rings. The molecule has 1 saturated carbocycles. The van der Waals surface area contributed by atoms with Crippen molar-refractivity contribution in [3.63, 3.8) is 0 Å². The monoisotopic (exact) mass is 223 g/mol. The van der Waals surface area contributed by atoms with Crippen molar-refractivity contribution < 1.29 is 0 Å². The Morgan fingerprint density at radius 1 is 1.19 bits per heavy atom. The highest BCUT2D eigenvalue weighted by molar-refractivity contribution is 5.80. The predicted octanol–water partition coefficient (Wildman–Crippen LogP) is 2.09. The summed E-state index contributed by atoms with van der Waals surface area (Å²) < 4.78 is 0. The lowest BCUT2D eigenvalue weighted by Crippen LogP contribution is -2.52. The molecule has 92 valence electrons. The number of aliphatic imine (C=N–C) groups is 1. The van der Waals surface area contributed by atoms with Gasteiger partial charge in [0.15, 0.2) is 5.96 Å². The Bertz CT molecular complexity index is 248. The Kier molecular flexibility index (Phi) is 3.72. The fourth-order valence-electron chi connectivity index (χ4n) is 2.87. The molecule has 1 aliphatic heterocycles. The normalized spacial score (nSPS) is 32.4. The van der Waals surface area contributed by atoms with E-state index in [-0.39, 0.29) is 0 Å². The highest BCUT2D eigenvalue weighted by Crippen LogP contribution is 2.22. The first-order chi connectivity index (χ1) is 7.69. The van der Waals surface area contributed by atoms with Gasteiger partial charge in [0.25, 0.3) is 0 Å². The van der Waals surface area contributed by atoms with Crippen LogP contribution in [0.4, 0.5) is 0 Å². The first-order valence-corrected chi connectivity index (χ1v) is 6.67. The van der Waals surface area contributed by atoms with Crippen LogP contribution >= 0.6 is 0 Å². The average Bonchev–Trinajstić information content (AvgIpc) is 2.14. The lowest BCUT2D eigenvalue weighted by Gasteiger charge is -2.39. The predicted molar refractivity (Wildman–Crippen MR) is 68.7 cm³/mol.